The van der Waals surface area contributed by atoms with Crippen molar-refractivity contribution in [2.75, 3.05) is 14.2 Å². The molecule has 0 atom stereocenters. The van der Waals surface area contributed by atoms with Gasteiger partial charge in [-0.15, -0.1) is 11.3 Å². The van der Waals surface area contributed by atoms with Crippen LogP contribution < -0.4 is 4.74 Å². The molecule has 2 aromatic heterocycles. The highest BCUT2D eigenvalue weighted by molar-refractivity contribution is 7.13. The molecule has 0 unspecified atom stereocenters. The van der Waals surface area contributed by atoms with Crippen molar-refractivity contribution in [2.24, 2.45) is 0 Å². The molecule has 2 heterocycles. The van der Waals surface area contributed by atoms with Gasteiger partial charge in [-0.2, -0.15) is 13.2 Å². The van der Waals surface area contributed by atoms with Crippen LogP contribution in [0.3, 0.4) is 0 Å². The molecule has 0 aliphatic carbocycles. The predicted octanol–water partition coefficient (Wildman–Crippen LogP) is 4.21. The number of nitrogens with zero attached hydrogens (tertiary/aromatic N) is 4. The Hall–Kier alpha value is -2.39. The fourth-order valence-corrected chi connectivity index (χ4v) is 3.48. The number of ether oxygens (including phenoxy) is 1. The highest BCUT2D eigenvalue weighted by Crippen LogP contribution is 2.27. The van der Waals surface area contributed by atoms with E-state index in [1.807, 2.05) is 41.6 Å². The molecule has 3 aromatic rings. The van der Waals surface area contributed by atoms with Crippen LogP contribution >= 0.6 is 11.3 Å². The Morgan fingerprint density at radius 3 is 2.81 bits per heavy atom. The van der Waals surface area contributed by atoms with Crippen LogP contribution in [-0.4, -0.2) is 39.8 Å². The number of aromatic nitrogens is 3. The second-order valence-corrected chi connectivity index (χ2v) is 6.99. The molecular formula is C18H19F3N4OS. The van der Waals surface area contributed by atoms with Gasteiger partial charge in [-0.25, -0.2) is 9.97 Å². The summed E-state index contributed by atoms with van der Waals surface area (Å²) in [6.45, 7) is -0.221. The molecule has 0 saturated heterocycles. The van der Waals surface area contributed by atoms with Crippen molar-refractivity contribution in [3.63, 3.8) is 0 Å². The number of hydrogen-bond donors (Lipinski definition) is 0. The molecule has 3 rings (SSSR count). The number of thiazole rings is 1. The van der Waals surface area contributed by atoms with Crippen molar-refractivity contribution in [3.8, 4) is 16.3 Å². The van der Waals surface area contributed by atoms with Crippen molar-refractivity contribution in [3.05, 3.63) is 53.6 Å². The number of imidazole rings is 1. The maximum atomic E-state index is 12.6. The van der Waals surface area contributed by atoms with E-state index in [0.717, 1.165) is 26.6 Å². The van der Waals surface area contributed by atoms with E-state index in [2.05, 4.69) is 9.97 Å². The molecule has 0 N–H and O–H groups in total. The van der Waals surface area contributed by atoms with E-state index < -0.39 is 12.7 Å². The number of rotatable bonds is 7. The number of benzene rings is 1. The maximum absolute atomic E-state index is 12.6. The molecule has 27 heavy (non-hydrogen) atoms. The quantitative estimate of drug-likeness (QED) is 0.600. The highest BCUT2D eigenvalue weighted by Gasteiger charge is 2.28. The first-order valence-corrected chi connectivity index (χ1v) is 9.06. The first-order valence-electron chi connectivity index (χ1n) is 8.18. The molecule has 5 nitrogen and oxygen atoms in total. The molecule has 0 saturated carbocycles. The maximum Gasteiger partial charge on any atom is 0.406 e. The van der Waals surface area contributed by atoms with Crippen molar-refractivity contribution in [1.82, 2.24) is 19.4 Å². The normalized spacial score (nSPS) is 11.9. The smallest absolute Gasteiger partial charge is 0.406 e. The lowest BCUT2D eigenvalue weighted by molar-refractivity contribution is -0.141. The zero-order valence-corrected chi connectivity index (χ0v) is 15.7. The van der Waals surface area contributed by atoms with Crippen molar-refractivity contribution >= 4 is 11.3 Å². The Labute approximate surface area is 159 Å². The molecule has 0 fully saturated rings. The Kier molecular flexibility index (Phi) is 5.81. The summed E-state index contributed by atoms with van der Waals surface area (Å²) in [5.41, 5.74) is 1.82. The average molecular weight is 396 g/mol. The minimum absolute atomic E-state index is 0.301. The van der Waals surface area contributed by atoms with Crippen molar-refractivity contribution < 1.29 is 17.9 Å². The van der Waals surface area contributed by atoms with Crippen LogP contribution in [-0.2, 0) is 19.6 Å². The highest BCUT2D eigenvalue weighted by atomic mass is 32.1. The van der Waals surface area contributed by atoms with Gasteiger partial charge >= 0.3 is 6.18 Å². The summed E-state index contributed by atoms with van der Waals surface area (Å²) in [5.74, 6) is 1.14. The fraction of sp³-hybridized carbons (Fsp3) is 0.333. The molecule has 9 heteroatoms. The summed E-state index contributed by atoms with van der Waals surface area (Å²) in [6, 6.07) is 7.65. The lowest BCUT2D eigenvalue weighted by atomic mass is 10.2. The molecule has 144 valence electrons. The largest absolute Gasteiger partial charge is 0.497 e. The van der Waals surface area contributed by atoms with E-state index in [4.69, 9.17) is 4.74 Å². The van der Waals surface area contributed by atoms with Crippen LogP contribution in [0.25, 0.3) is 10.6 Å². The number of hydrogen-bond acceptors (Lipinski definition) is 5. The number of halogens is 3. The topological polar surface area (TPSA) is 43.2 Å². The standard InChI is InChI=1S/C18H19F3N4OS/c1-24(10-16-22-6-7-25(16)12-18(19,20)21)9-14-11-27-17(23-14)13-4-3-5-15(8-13)26-2/h3-8,11H,9-10,12H2,1-2H3. The van der Waals surface area contributed by atoms with Gasteiger partial charge in [0.15, 0.2) is 0 Å². The van der Waals surface area contributed by atoms with Gasteiger partial charge in [0.2, 0.25) is 0 Å². The van der Waals surface area contributed by atoms with Crippen LogP contribution in [0.4, 0.5) is 13.2 Å². The summed E-state index contributed by atoms with van der Waals surface area (Å²) < 4.78 is 44.2. The van der Waals surface area contributed by atoms with Gasteiger partial charge in [0, 0.05) is 29.9 Å². The Morgan fingerprint density at radius 2 is 2.07 bits per heavy atom. The van der Waals surface area contributed by atoms with Crippen LogP contribution in [0.1, 0.15) is 11.5 Å². The van der Waals surface area contributed by atoms with Crippen molar-refractivity contribution in [2.45, 2.75) is 25.8 Å². The van der Waals surface area contributed by atoms with Gasteiger partial charge in [0.05, 0.1) is 19.3 Å². The molecule has 0 aliphatic heterocycles. The van der Waals surface area contributed by atoms with Crippen molar-refractivity contribution in [1.29, 1.82) is 0 Å². The Morgan fingerprint density at radius 1 is 1.26 bits per heavy atom. The first-order chi connectivity index (χ1) is 12.8. The SMILES string of the molecule is COc1cccc(-c2nc(CN(C)Cc3nccn3CC(F)(F)F)cs2)c1. The number of alkyl halides is 3. The van der Waals surface area contributed by atoms with Gasteiger partial charge < -0.3 is 9.30 Å². The third kappa shape index (κ3) is 5.30. The molecule has 0 spiro atoms. The summed E-state index contributed by atoms with van der Waals surface area (Å²) in [4.78, 5) is 10.6. The van der Waals surface area contributed by atoms with Crippen LogP contribution in [0, 0.1) is 0 Å². The van der Waals surface area contributed by atoms with Gasteiger partial charge in [0.1, 0.15) is 23.1 Å². The van der Waals surface area contributed by atoms with Gasteiger partial charge in [-0.3, -0.25) is 4.90 Å². The van der Waals surface area contributed by atoms with E-state index >= 15 is 0 Å². The van der Waals surface area contributed by atoms with Crippen LogP contribution in [0.5, 0.6) is 5.75 Å². The molecule has 0 aliphatic rings. The molecule has 0 radical (unpaired) electrons. The van der Waals surface area contributed by atoms with Gasteiger partial charge in [0.25, 0.3) is 0 Å². The zero-order valence-electron chi connectivity index (χ0n) is 14.9. The third-order valence-electron chi connectivity index (χ3n) is 3.86. The molecule has 0 bridgehead atoms. The summed E-state index contributed by atoms with van der Waals surface area (Å²) in [5, 5.41) is 2.82. The van der Waals surface area contributed by atoms with E-state index in [-0.39, 0.29) is 0 Å². The van der Waals surface area contributed by atoms with E-state index in [1.165, 1.54) is 23.7 Å². The lowest BCUT2D eigenvalue weighted by Crippen LogP contribution is -2.24. The molecule has 1 aromatic carbocycles. The second kappa shape index (κ2) is 8.10. The van der Waals surface area contributed by atoms with Gasteiger partial charge in [-0.05, 0) is 19.2 Å². The zero-order chi connectivity index (χ0) is 19.4. The molecule has 0 amide bonds. The third-order valence-corrected chi connectivity index (χ3v) is 4.80. The van der Waals surface area contributed by atoms with Crippen LogP contribution in [0.15, 0.2) is 42.0 Å². The lowest BCUT2D eigenvalue weighted by Gasteiger charge is -2.17. The van der Waals surface area contributed by atoms with E-state index in [9.17, 15) is 13.2 Å². The van der Waals surface area contributed by atoms with E-state index in [1.54, 1.807) is 7.11 Å². The summed E-state index contributed by atoms with van der Waals surface area (Å²) >= 11 is 1.52. The Balaban J connectivity index is 1.65. The predicted molar refractivity (Wildman–Crippen MR) is 97.6 cm³/mol. The monoisotopic (exact) mass is 396 g/mol. The summed E-state index contributed by atoms with van der Waals surface area (Å²) in [7, 11) is 3.45. The average Bonchev–Trinajstić information content (AvgIpc) is 3.23. The fourth-order valence-electron chi connectivity index (χ4n) is 2.67. The van der Waals surface area contributed by atoms with Crippen LogP contribution in [0.2, 0.25) is 0 Å². The Bertz CT molecular complexity index is 891. The second-order valence-electron chi connectivity index (χ2n) is 6.13. The first kappa shape index (κ1) is 19.4. The minimum Gasteiger partial charge on any atom is -0.497 e. The van der Waals surface area contributed by atoms with E-state index in [0.29, 0.717) is 18.9 Å². The number of methoxy groups -OCH3 is 1. The minimum atomic E-state index is -4.27. The molecular weight excluding hydrogens is 377 g/mol. The summed E-state index contributed by atoms with van der Waals surface area (Å²) in [6.07, 6.45) is -1.53. The van der Waals surface area contributed by atoms with Gasteiger partial charge in [-0.1, -0.05) is 12.1 Å².